The number of halogens is 1. The van der Waals surface area contributed by atoms with Crippen LogP contribution >= 0.6 is 23.7 Å². The van der Waals surface area contributed by atoms with Gasteiger partial charge in [0.25, 0.3) is 5.91 Å². The maximum Gasteiger partial charge on any atom is 0.268 e. The lowest BCUT2D eigenvalue weighted by atomic mass is 10.5. The lowest BCUT2D eigenvalue weighted by Gasteiger charge is -1.80. The van der Waals surface area contributed by atoms with Crippen molar-refractivity contribution in [2.75, 3.05) is 0 Å². The number of primary amides is 1. The number of thiazole rings is 1. The summed E-state index contributed by atoms with van der Waals surface area (Å²) < 4.78 is 0. The van der Waals surface area contributed by atoms with Crippen molar-refractivity contribution in [3.8, 4) is 0 Å². The van der Waals surface area contributed by atoms with Gasteiger partial charge in [-0.05, 0) is 6.92 Å². The summed E-state index contributed by atoms with van der Waals surface area (Å²) >= 11 is 1.42. The maximum atomic E-state index is 10.4. The Bertz CT molecular complexity index is 235. The number of aromatic nitrogens is 1. The van der Waals surface area contributed by atoms with Crippen LogP contribution in [0.4, 0.5) is 0 Å². The molecule has 0 aliphatic carbocycles. The van der Waals surface area contributed by atoms with Gasteiger partial charge >= 0.3 is 0 Å². The van der Waals surface area contributed by atoms with E-state index in [1.54, 1.807) is 5.38 Å². The van der Waals surface area contributed by atoms with Crippen molar-refractivity contribution in [1.82, 2.24) is 4.98 Å². The third-order valence-corrected chi connectivity index (χ3v) is 1.64. The summed E-state index contributed by atoms with van der Waals surface area (Å²) in [6.45, 7) is 1.83. The van der Waals surface area contributed by atoms with Crippen molar-refractivity contribution in [2.45, 2.75) is 6.92 Å². The summed E-state index contributed by atoms with van der Waals surface area (Å²) in [5.74, 6) is -0.459. The molecule has 1 aromatic heterocycles. The smallest absolute Gasteiger partial charge is 0.268 e. The molecule has 1 rings (SSSR count). The zero-order valence-electron chi connectivity index (χ0n) is 5.33. The SMILES string of the molecule is Cc1nc(C(N)=O)cs1.Cl. The number of amides is 1. The Hall–Kier alpha value is -0.610. The number of rotatable bonds is 1. The summed E-state index contributed by atoms with van der Waals surface area (Å²) in [4.78, 5) is 14.2. The number of aryl methyl sites for hydroxylation is 1. The van der Waals surface area contributed by atoms with Gasteiger partial charge in [0, 0.05) is 5.38 Å². The fourth-order valence-electron chi connectivity index (χ4n) is 0.477. The second-order valence-corrected chi connectivity index (χ2v) is 2.68. The van der Waals surface area contributed by atoms with Crippen molar-refractivity contribution in [3.05, 3.63) is 16.1 Å². The second-order valence-electron chi connectivity index (χ2n) is 1.62. The molecule has 56 valence electrons. The average molecular weight is 179 g/mol. The Morgan fingerprint density at radius 3 is 2.60 bits per heavy atom. The number of carbonyl (C=O) groups excluding carboxylic acids is 1. The molecule has 0 saturated carbocycles. The van der Waals surface area contributed by atoms with E-state index in [0.717, 1.165) is 5.01 Å². The maximum absolute atomic E-state index is 10.4. The van der Waals surface area contributed by atoms with Gasteiger partial charge < -0.3 is 5.73 Å². The Morgan fingerprint density at radius 1 is 1.80 bits per heavy atom. The van der Waals surface area contributed by atoms with Crippen LogP contribution in [0.25, 0.3) is 0 Å². The Balaban J connectivity index is 0.000000810. The third kappa shape index (κ3) is 1.97. The average Bonchev–Trinajstić information content (AvgIpc) is 2.14. The molecule has 1 amide bonds. The van der Waals surface area contributed by atoms with E-state index in [0.29, 0.717) is 5.69 Å². The van der Waals surface area contributed by atoms with E-state index in [9.17, 15) is 4.79 Å². The van der Waals surface area contributed by atoms with Gasteiger partial charge in [0.05, 0.1) is 5.01 Å². The van der Waals surface area contributed by atoms with E-state index in [-0.39, 0.29) is 12.4 Å². The van der Waals surface area contributed by atoms with Crippen LogP contribution in [0.3, 0.4) is 0 Å². The highest BCUT2D eigenvalue weighted by Crippen LogP contribution is 2.06. The van der Waals surface area contributed by atoms with E-state index in [1.807, 2.05) is 6.92 Å². The minimum Gasteiger partial charge on any atom is -0.364 e. The normalized spacial score (nSPS) is 8.50. The van der Waals surface area contributed by atoms with Crippen molar-refractivity contribution in [2.24, 2.45) is 5.73 Å². The molecule has 0 unspecified atom stereocenters. The van der Waals surface area contributed by atoms with Crippen molar-refractivity contribution in [3.63, 3.8) is 0 Å². The topological polar surface area (TPSA) is 56.0 Å². The monoisotopic (exact) mass is 178 g/mol. The number of nitrogens with zero attached hydrogens (tertiary/aromatic N) is 1. The van der Waals surface area contributed by atoms with E-state index in [2.05, 4.69) is 4.98 Å². The minimum absolute atomic E-state index is 0. The fraction of sp³-hybridized carbons (Fsp3) is 0.200. The quantitative estimate of drug-likeness (QED) is 0.697. The van der Waals surface area contributed by atoms with Crippen LogP contribution in [-0.2, 0) is 0 Å². The summed E-state index contributed by atoms with van der Waals surface area (Å²) in [5.41, 5.74) is 5.29. The van der Waals surface area contributed by atoms with Gasteiger partial charge in [-0.3, -0.25) is 4.79 Å². The Kier molecular flexibility index (Phi) is 3.32. The molecule has 0 spiro atoms. The van der Waals surface area contributed by atoms with Crippen LogP contribution in [-0.4, -0.2) is 10.9 Å². The predicted molar refractivity (Wildman–Crippen MR) is 42.6 cm³/mol. The zero-order valence-corrected chi connectivity index (χ0v) is 6.96. The molecule has 0 bridgehead atoms. The van der Waals surface area contributed by atoms with Gasteiger partial charge in [-0.1, -0.05) is 0 Å². The predicted octanol–water partition coefficient (Wildman–Crippen LogP) is 0.972. The van der Waals surface area contributed by atoms with Crippen LogP contribution in [0, 0.1) is 6.92 Å². The summed E-state index contributed by atoms with van der Waals surface area (Å²) in [7, 11) is 0. The first-order chi connectivity index (χ1) is 4.20. The molecule has 10 heavy (non-hydrogen) atoms. The molecule has 0 aliphatic rings. The molecular formula is C5H7ClN2OS. The first-order valence-electron chi connectivity index (χ1n) is 2.42. The number of carbonyl (C=O) groups is 1. The largest absolute Gasteiger partial charge is 0.364 e. The van der Waals surface area contributed by atoms with Crippen LogP contribution < -0.4 is 5.73 Å². The molecule has 2 N–H and O–H groups in total. The lowest BCUT2D eigenvalue weighted by molar-refractivity contribution is 0.0996. The summed E-state index contributed by atoms with van der Waals surface area (Å²) in [5, 5.41) is 2.52. The zero-order chi connectivity index (χ0) is 6.85. The van der Waals surface area contributed by atoms with Crippen LogP contribution in [0.15, 0.2) is 5.38 Å². The Morgan fingerprint density at radius 2 is 2.40 bits per heavy atom. The highest BCUT2D eigenvalue weighted by Gasteiger charge is 2.01. The van der Waals surface area contributed by atoms with Crippen molar-refractivity contribution >= 4 is 29.7 Å². The highest BCUT2D eigenvalue weighted by molar-refractivity contribution is 7.09. The number of nitrogens with two attached hydrogens (primary N) is 1. The molecule has 0 aliphatic heterocycles. The van der Waals surface area contributed by atoms with E-state index < -0.39 is 5.91 Å². The van der Waals surface area contributed by atoms with E-state index >= 15 is 0 Å². The van der Waals surface area contributed by atoms with Gasteiger partial charge in [0.1, 0.15) is 5.69 Å². The summed E-state index contributed by atoms with van der Waals surface area (Å²) in [6, 6.07) is 0. The molecule has 1 aromatic rings. The lowest BCUT2D eigenvalue weighted by Crippen LogP contribution is -2.10. The third-order valence-electron chi connectivity index (χ3n) is 0.871. The first kappa shape index (κ1) is 9.39. The van der Waals surface area contributed by atoms with E-state index in [1.165, 1.54) is 11.3 Å². The Labute approximate surface area is 68.7 Å². The van der Waals surface area contributed by atoms with Gasteiger partial charge in [-0.2, -0.15) is 0 Å². The molecule has 0 fully saturated rings. The standard InChI is InChI=1S/C5H6N2OS.ClH/c1-3-7-4(2-9-3)5(6)8;/h2H,1H3,(H2,6,8);1H. The van der Waals surface area contributed by atoms with Gasteiger partial charge in [0.15, 0.2) is 0 Å². The van der Waals surface area contributed by atoms with Crippen LogP contribution in [0.5, 0.6) is 0 Å². The molecule has 0 radical (unpaired) electrons. The number of hydrogen-bond acceptors (Lipinski definition) is 3. The molecule has 5 heteroatoms. The summed E-state index contributed by atoms with van der Waals surface area (Å²) in [6.07, 6.45) is 0. The molecule has 3 nitrogen and oxygen atoms in total. The molecule has 0 atom stereocenters. The number of hydrogen-bond donors (Lipinski definition) is 1. The molecular weight excluding hydrogens is 172 g/mol. The molecule has 0 aromatic carbocycles. The molecule has 1 heterocycles. The molecule has 0 saturated heterocycles. The van der Waals surface area contributed by atoms with Crippen molar-refractivity contribution < 1.29 is 4.79 Å². The van der Waals surface area contributed by atoms with Gasteiger partial charge in [0.2, 0.25) is 0 Å². The van der Waals surface area contributed by atoms with Gasteiger partial charge in [-0.25, -0.2) is 4.98 Å². The van der Waals surface area contributed by atoms with Crippen molar-refractivity contribution in [1.29, 1.82) is 0 Å². The first-order valence-corrected chi connectivity index (χ1v) is 3.30. The second kappa shape index (κ2) is 3.53. The van der Waals surface area contributed by atoms with Gasteiger partial charge in [-0.15, -0.1) is 23.7 Å². The fourth-order valence-corrected chi connectivity index (χ4v) is 1.08. The van der Waals surface area contributed by atoms with Crippen LogP contribution in [0.1, 0.15) is 15.5 Å². The highest BCUT2D eigenvalue weighted by atomic mass is 35.5. The van der Waals surface area contributed by atoms with Crippen LogP contribution in [0.2, 0.25) is 0 Å². The van der Waals surface area contributed by atoms with E-state index in [4.69, 9.17) is 5.73 Å². The minimum atomic E-state index is -0.459.